The molecular weight excluding hydrogens is 971 g/mol. The number of hydrogen-bond donors (Lipinski definition) is 4. The second-order valence-electron chi connectivity index (χ2n) is 23.5. The Morgan fingerprint density at radius 3 is 2.31 bits per heavy atom. The Kier molecular flexibility index (Phi) is 17.3. The summed E-state index contributed by atoms with van der Waals surface area (Å²) in [7, 11) is 2.97. The zero-order valence-electron chi connectivity index (χ0n) is 46.9. The van der Waals surface area contributed by atoms with Crippen LogP contribution in [-0.2, 0) is 45.9 Å². The highest BCUT2D eigenvalue weighted by molar-refractivity contribution is 5.97. The smallest absolute Gasteiger partial charge is 0.322 e. The molecule has 2 unspecified atom stereocenters. The van der Waals surface area contributed by atoms with Crippen LogP contribution in [0.5, 0.6) is 5.75 Å². The highest BCUT2D eigenvalue weighted by atomic mass is 16.6. The Bertz CT molecular complexity index is 2720. The summed E-state index contributed by atoms with van der Waals surface area (Å²) in [6.45, 7) is 10.9. The normalized spacial score (nSPS) is 31.3. The molecule has 0 radical (unpaired) electrons. The fraction of sp³-hybridized carbons (Fsp3) is 0.619. The van der Waals surface area contributed by atoms with Gasteiger partial charge < -0.3 is 39.6 Å². The van der Waals surface area contributed by atoms with Gasteiger partial charge in [0.15, 0.2) is 6.10 Å². The van der Waals surface area contributed by atoms with Crippen molar-refractivity contribution in [2.75, 3.05) is 58.4 Å². The van der Waals surface area contributed by atoms with E-state index in [2.05, 4.69) is 63.5 Å². The SMILES string of the molecule is CCCCC/C=C\C/C=C\CCCCCCCCNC(=O)[C@@]1(O)[C@H](OC(C)=O)[C@]2(CC)C=CCN3CC[C@@]4(c5cc([C@@]6(C(=O)OC)CC7CN(CCc8c6[nH]c6ccccc86)C[C@](O)(CC)C7)c(OC)cc5N(C=O)[C@@H]14)[C@@H]32. The van der Waals surface area contributed by atoms with Crippen LogP contribution in [-0.4, -0.2) is 132 Å². The number of allylic oxidation sites excluding steroid dienone is 4. The van der Waals surface area contributed by atoms with E-state index in [0.717, 1.165) is 67.8 Å². The molecule has 9 rings (SSSR count). The quantitative estimate of drug-likeness (QED) is 0.0309. The third-order valence-electron chi connectivity index (χ3n) is 19.0. The predicted molar refractivity (Wildman–Crippen MR) is 301 cm³/mol. The molecule has 3 aromatic rings. The average Bonchev–Trinajstić information content (AvgIpc) is 3.83. The molecule has 2 amide bonds. The molecule has 10 atom stereocenters. The van der Waals surface area contributed by atoms with Gasteiger partial charge in [0.1, 0.15) is 11.2 Å². The number of nitrogens with zero attached hydrogens (tertiary/aromatic N) is 3. The van der Waals surface area contributed by atoms with Gasteiger partial charge in [0, 0.05) is 84.7 Å². The van der Waals surface area contributed by atoms with Crippen molar-refractivity contribution in [2.24, 2.45) is 11.3 Å². The number of anilines is 1. The molecule has 2 bridgehead atoms. The molecule has 2 saturated heterocycles. The summed E-state index contributed by atoms with van der Waals surface area (Å²) >= 11 is 0. The molecule has 2 aromatic carbocycles. The van der Waals surface area contributed by atoms with Gasteiger partial charge in [-0.1, -0.05) is 114 Å². The van der Waals surface area contributed by atoms with E-state index in [9.17, 15) is 19.8 Å². The number of carbonyl (C=O) groups excluding carboxylic acids is 4. The van der Waals surface area contributed by atoms with E-state index < -0.39 is 63.5 Å². The number of amides is 2. The van der Waals surface area contributed by atoms with Crippen LogP contribution in [0.25, 0.3) is 10.9 Å². The van der Waals surface area contributed by atoms with E-state index in [1.807, 2.05) is 44.2 Å². The van der Waals surface area contributed by atoms with E-state index >= 15 is 9.59 Å². The zero-order valence-corrected chi connectivity index (χ0v) is 46.9. The Morgan fingerprint density at radius 2 is 1.61 bits per heavy atom. The molecule has 418 valence electrons. The molecule has 1 saturated carbocycles. The molecule has 6 aliphatic rings. The summed E-state index contributed by atoms with van der Waals surface area (Å²) < 4.78 is 18.8. The molecular formula is C63H87N5O9. The van der Waals surface area contributed by atoms with Gasteiger partial charge in [-0.3, -0.25) is 29.0 Å². The van der Waals surface area contributed by atoms with Gasteiger partial charge in [0.25, 0.3) is 5.91 Å². The number of hydrogen-bond acceptors (Lipinski definition) is 11. The molecule has 77 heavy (non-hydrogen) atoms. The molecule has 5 aliphatic heterocycles. The number of benzene rings is 2. The van der Waals surface area contributed by atoms with Crippen molar-refractivity contribution >= 4 is 40.8 Å². The first kappa shape index (κ1) is 56.4. The Morgan fingerprint density at radius 1 is 0.870 bits per heavy atom. The molecule has 4 N–H and O–H groups in total. The lowest BCUT2D eigenvalue weighted by Gasteiger charge is -2.63. The van der Waals surface area contributed by atoms with E-state index in [-0.39, 0.29) is 12.3 Å². The number of fused-ring (bicyclic) bond motifs is 6. The number of unbranched alkanes of at least 4 members (excludes halogenated alkanes) is 9. The predicted octanol–water partition coefficient (Wildman–Crippen LogP) is 9.27. The number of rotatable bonds is 23. The molecule has 3 fully saturated rings. The third-order valence-corrected chi connectivity index (χ3v) is 19.0. The minimum Gasteiger partial charge on any atom is -0.496 e. The molecule has 1 spiro atoms. The summed E-state index contributed by atoms with van der Waals surface area (Å²) in [6, 6.07) is 10.2. The molecule has 6 heterocycles. The lowest BCUT2D eigenvalue weighted by atomic mass is 9.47. The van der Waals surface area contributed by atoms with Gasteiger partial charge in [-0.15, -0.1) is 0 Å². The highest BCUT2D eigenvalue weighted by Crippen LogP contribution is 2.68. The number of nitrogens with one attached hydrogen (secondary N) is 2. The van der Waals surface area contributed by atoms with Gasteiger partial charge in [0.2, 0.25) is 12.0 Å². The lowest BCUT2D eigenvalue weighted by Crippen LogP contribution is -2.82. The van der Waals surface area contributed by atoms with Crippen LogP contribution in [0.3, 0.4) is 0 Å². The van der Waals surface area contributed by atoms with Crippen molar-refractivity contribution in [3.8, 4) is 5.75 Å². The maximum Gasteiger partial charge on any atom is 0.322 e. The molecule has 1 aliphatic carbocycles. The third kappa shape index (κ3) is 9.89. The van der Waals surface area contributed by atoms with E-state index in [4.69, 9.17) is 14.2 Å². The summed E-state index contributed by atoms with van der Waals surface area (Å²) in [5.74, 6) is -1.65. The van der Waals surface area contributed by atoms with Gasteiger partial charge in [-0.05, 0) is 113 Å². The van der Waals surface area contributed by atoms with Gasteiger partial charge in [-0.25, -0.2) is 0 Å². The first-order chi connectivity index (χ1) is 37.3. The number of aliphatic hydroxyl groups is 2. The van der Waals surface area contributed by atoms with Crippen LogP contribution in [0.2, 0.25) is 0 Å². The maximum atomic E-state index is 15.6. The van der Waals surface area contributed by atoms with Crippen molar-refractivity contribution in [3.63, 3.8) is 0 Å². The monoisotopic (exact) mass is 1060 g/mol. The number of carbonyl (C=O) groups is 4. The second kappa shape index (κ2) is 23.6. The first-order valence-electron chi connectivity index (χ1n) is 29.3. The summed E-state index contributed by atoms with van der Waals surface area (Å²) in [4.78, 5) is 68.6. The van der Waals surface area contributed by atoms with Gasteiger partial charge >= 0.3 is 11.9 Å². The standard InChI is InChI=1S/C63H87N5O9/c1-7-10-11-12-13-14-15-16-17-18-19-20-21-22-23-26-33-64-57(71)63(74)55-61(32-36-67-34-27-31-60(9-3,54(61)67)56(63)77-44(4)70)48-37-49(52(75-5)38-51(48)68(55)43-69)62(58(72)76-6)40-45-39-59(73,8-2)42-66(41-45)35-30-47-46-28-24-25-29-50(46)65-53(47)62/h13-14,16-17,24-25,27-29,31,37-38,43,45,54-56,65,73-74H,7-12,15,18-23,26,30,32-36,39-42H2,1-6H3,(H,64,71)/b14-13-,17-16-/t45?,54-,55+,56+,59-,60+,61+,62-,63-/m0/s1. The molecule has 14 heteroatoms. The Balaban J connectivity index is 1.09. The zero-order chi connectivity index (χ0) is 54.6. The van der Waals surface area contributed by atoms with E-state index in [0.29, 0.717) is 112 Å². The van der Waals surface area contributed by atoms with E-state index in [1.54, 1.807) is 13.2 Å². The number of aromatic amines is 1. The van der Waals surface area contributed by atoms with Crippen LogP contribution in [0, 0.1) is 11.3 Å². The van der Waals surface area contributed by atoms with Crippen molar-refractivity contribution in [2.45, 2.75) is 183 Å². The number of para-hydroxylation sites is 1. The number of H-pyrrole nitrogens is 1. The van der Waals surface area contributed by atoms with Crippen LogP contribution >= 0.6 is 0 Å². The van der Waals surface area contributed by atoms with Crippen molar-refractivity contribution in [3.05, 3.63) is 95.2 Å². The van der Waals surface area contributed by atoms with Gasteiger partial charge in [-0.2, -0.15) is 0 Å². The average molecular weight is 1060 g/mol. The fourth-order valence-electron chi connectivity index (χ4n) is 15.7. The van der Waals surface area contributed by atoms with E-state index in [1.165, 1.54) is 38.2 Å². The van der Waals surface area contributed by atoms with Crippen molar-refractivity contribution in [1.82, 2.24) is 20.1 Å². The lowest BCUT2D eigenvalue weighted by molar-refractivity contribution is -0.217. The Labute approximate surface area is 457 Å². The number of ether oxygens (including phenoxy) is 3. The number of aromatic nitrogens is 1. The number of esters is 2. The minimum atomic E-state index is -2.44. The van der Waals surface area contributed by atoms with Crippen molar-refractivity contribution < 1.29 is 43.6 Å². The maximum absolute atomic E-state index is 15.6. The minimum absolute atomic E-state index is 0.156. The topological polar surface area (TPSA) is 174 Å². The second-order valence-corrected chi connectivity index (χ2v) is 23.5. The summed E-state index contributed by atoms with van der Waals surface area (Å²) in [6.07, 6.45) is 28.2. The Hall–Kier alpha value is -5.28. The fourth-order valence-corrected chi connectivity index (χ4v) is 15.7. The molecule has 1 aromatic heterocycles. The van der Waals surface area contributed by atoms with Crippen LogP contribution < -0.4 is 15.0 Å². The largest absolute Gasteiger partial charge is 0.496 e. The number of piperidine rings is 1. The first-order valence-corrected chi connectivity index (χ1v) is 29.3. The van der Waals surface area contributed by atoms with Gasteiger partial charge in [0.05, 0.1) is 31.5 Å². The highest BCUT2D eigenvalue weighted by Gasteiger charge is 2.80. The van der Waals surface area contributed by atoms with Crippen LogP contribution in [0.1, 0.15) is 159 Å². The van der Waals surface area contributed by atoms with Crippen molar-refractivity contribution in [1.29, 1.82) is 0 Å². The summed E-state index contributed by atoms with van der Waals surface area (Å²) in [5, 5.41) is 30.2. The van der Waals surface area contributed by atoms with Crippen LogP contribution in [0.15, 0.2) is 72.9 Å². The number of methoxy groups -OCH3 is 2. The summed E-state index contributed by atoms with van der Waals surface area (Å²) in [5.41, 5.74) is -2.88. The van der Waals surface area contributed by atoms with Crippen LogP contribution in [0.4, 0.5) is 5.69 Å². The molecule has 14 nitrogen and oxygen atoms in total.